The molecule has 1 aliphatic heterocycles. The molecule has 66 heavy (non-hydrogen) atoms. The van der Waals surface area contributed by atoms with Crippen molar-refractivity contribution >= 4 is 46.1 Å². The second-order valence-corrected chi connectivity index (χ2v) is 19.6. The summed E-state index contributed by atoms with van der Waals surface area (Å²) in [6.45, 7) is 6.78. The van der Waals surface area contributed by atoms with Crippen molar-refractivity contribution in [2.45, 2.75) is 102 Å². The van der Waals surface area contributed by atoms with E-state index in [2.05, 4.69) is 12.2 Å². The van der Waals surface area contributed by atoms with Crippen LogP contribution in [0, 0.1) is 34.4 Å². The lowest BCUT2D eigenvalue weighted by Gasteiger charge is -2.59. The van der Waals surface area contributed by atoms with Crippen LogP contribution in [0.2, 0.25) is 0 Å². The summed E-state index contributed by atoms with van der Waals surface area (Å²) in [5.74, 6) is -3.79. The molecule has 15 heteroatoms. The van der Waals surface area contributed by atoms with E-state index < -0.39 is 64.1 Å². The summed E-state index contributed by atoms with van der Waals surface area (Å²) in [5, 5.41) is 15.4. The standard InChI is InChI=1S/C51H58FN3O11/c1-29-26-54(21-20-53-29)44-38(52)24-35-43(46(44)63-4)55(32-13-14-32)27-36(45(35)60)48(62)64-22-8-11-41(59)65-28-40(58)51(66-47(61)30-9-6-5-7-10-30)19-17-37-34-15-12-31-23-33(56)16-18-49(31,2)42(34)39(57)25-50(37,51)3/h5-7,9-10,16,18,23-24,27,29,32,34,37,39,42,53,57H,8,11-15,17,19-22,25-26,28H2,1-4H3/t29?,34-,37-,39-,42?,49-,50-,51-/m1/s1. The molecule has 9 rings (SSSR count). The van der Waals surface area contributed by atoms with Gasteiger partial charge in [-0.05, 0) is 100 Å². The highest BCUT2D eigenvalue weighted by Crippen LogP contribution is 2.68. The van der Waals surface area contributed by atoms with Crippen LogP contribution in [0.25, 0.3) is 10.9 Å². The molecular formula is C51H58FN3O11. The van der Waals surface area contributed by atoms with Crippen molar-refractivity contribution in [1.82, 2.24) is 9.88 Å². The largest absolute Gasteiger partial charge is 0.492 e. The van der Waals surface area contributed by atoms with Crippen molar-refractivity contribution < 1.29 is 52.4 Å². The van der Waals surface area contributed by atoms with Crippen molar-refractivity contribution in [2.24, 2.45) is 28.6 Å². The Kier molecular flexibility index (Phi) is 12.1. The molecule has 6 aliphatic rings. The number of carbonyl (C=O) groups excluding carboxylic acids is 5. The minimum absolute atomic E-state index is 0.00137. The molecule has 14 nitrogen and oxygen atoms in total. The van der Waals surface area contributed by atoms with Gasteiger partial charge in [-0.3, -0.25) is 19.2 Å². The number of carbonyl (C=O) groups is 5. The maximum Gasteiger partial charge on any atom is 0.343 e. The molecule has 4 saturated carbocycles. The van der Waals surface area contributed by atoms with Crippen LogP contribution >= 0.6 is 0 Å². The van der Waals surface area contributed by atoms with Crippen LogP contribution in [-0.2, 0) is 28.6 Å². The average molecular weight is 908 g/mol. The molecule has 5 fully saturated rings. The van der Waals surface area contributed by atoms with Crippen LogP contribution in [0.5, 0.6) is 5.75 Å². The molecule has 0 spiro atoms. The number of allylic oxidation sites excluding steroid dienone is 4. The maximum absolute atomic E-state index is 15.9. The number of fused-ring (bicyclic) bond motifs is 6. The minimum Gasteiger partial charge on any atom is -0.492 e. The normalized spacial score (nSPS) is 30.2. The molecule has 3 aromatic rings. The number of aliphatic hydroxyl groups excluding tert-OH is 1. The van der Waals surface area contributed by atoms with Crippen molar-refractivity contribution in [1.29, 1.82) is 0 Å². The highest BCUT2D eigenvalue weighted by molar-refractivity contribution is 6.01. The molecule has 8 atom stereocenters. The molecule has 2 aromatic carbocycles. The van der Waals surface area contributed by atoms with Crippen LogP contribution in [0.1, 0.15) is 105 Å². The Balaban J connectivity index is 0.877. The number of anilines is 1. The van der Waals surface area contributed by atoms with E-state index in [4.69, 9.17) is 18.9 Å². The quantitative estimate of drug-likeness (QED) is 0.113. The van der Waals surface area contributed by atoms with Gasteiger partial charge in [0.05, 0.1) is 36.3 Å². The Bertz CT molecular complexity index is 2610. The molecule has 2 N–H and O–H groups in total. The number of benzene rings is 2. The summed E-state index contributed by atoms with van der Waals surface area (Å²) < 4.78 is 40.9. The fraction of sp³-hybridized carbons (Fsp3) is 0.529. The zero-order valence-electron chi connectivity index (χ0n) is 37.9. The topological polar surface area (TPSA) is 180 Å². The van der Waals surface area contributed by atoms with Crippen molar-refractivity contribution in [2.75, 3.05) is 44.9 Å². The molecule has 5 aliphatic carbocycles. The molecule has 0 bridgehead atoms. The minimum atomic E-state index is -1.72. The molecular weight excluding hydrogens is 850 g/mol. The van der Waals surface area contributed by atoms with E-state index >= 15 is 4.39 Å². The predicted molar refractivity (Wildman–Crippen MR) is 241 cm³/mol. The Morgan fingerprint density at radius 2 is 1.79 bits per heavy atom. The lowest BCUT2D eigenvalue weighted by Crippen LogP contribution is -2.63. The van der Waals surface area contributed by atoms with Crippen molar-refractivity contribution in [3.63, 3.8) is 0 Å². The highest BCUT2D eigenvalue weighted by Gasteiger charge is 2.70. The third kappa shape index (κ3) is 7.75. The van der Waals surface area contributed by atoms with Crippen LogP contribution in [-0.4, -0.2) is 96.9 Å². The van der Waals surface area contributed by atoms with Gasteiger partial charge in [-0.2, -0.15) is 0 Å². The summed E-state index contributed by atoms with van der Waals surface area (Å²) in [6, 6.07) is 9.62. The number of halogens is 1. The monoisotopic (exact) mass is 907 g/mol. The fourth-order valence-corrected chi connectivity index (χ4v) is 12.4. The predicted octanol–water partition coefficient (Wildman–Crippen LogP) is 6.21. The number of aromatic nitrogens is 1. The Hall–Kier alpha value is -5.67. The number of methoxy groups -OCH3 is 1. The van der Waals surface area contributed by atoms with Crippen LogP contribution in [0.3, 0.4) is 0 Å². The first-order chi connectivity index (χ1) is 31.6. The number of ether oxygens (including phenoxy) is 4. The number of aliphatic hydroxyl groups is 1. The van der Waals surface area contributed by atoms with Crippen molar-refractivity contribution in [3.05, 3.63) is 93.6 Å². The van der Waals surface area contributed by atoms with Crippen LogP contribution in [0.4, 0.5) is 10.1 Å². The van der Waals surface area contributed by atoms with Gasteiger partial charge in [0.1, 0.15) is 11.3 Å². The Labute approximate surface area is 382 Å². The van der Waals surface area contributed by atoms with Gasteiger partial charge in [-0.25, -0.2) is 14.0 Å². The van der Waals surface area contributed by atoms with E-state index in [9.17, 15) is 33.9 Å². The third-order valence-corrected chi connectivity index (χ3v) is 15.7. The van der Waals surface area contributed by atoms with E-state index in [1.807, 2.05) is 24.8 Å². The van der Waals surface area contributed by atoms with Gasteiger partial charge in [-0.15, -0.1) is 0 Å². The summed E-state index contributed by atoms with van der Waals surface area (Å²) in [6.07, 6.45) is 9.34. The fourth-order valence-electron chi connectivity index (χ4n) is 12.4. The maximum atomic E-state index is 15.9. The average Bonchev–Trinajstić information content (AvgIpc) is 4.10. The molecule has 0 radical (unpaired) electrons. The molecule has 0 amide bonds. The highest BCUT2D eigenvalue weighted by atomic mass is 19.1. The second-order valence-electron chi connectivity index (χ2n) is 19.6. The van der Waals surface area contributed by atoms with Gasteiger partial charge >= 0.3 is 17.9 Å². The summed E-state index contributed by atoms with van der Waals surface area (Å²) in [7, 11) is 1.44. The number of hydrogen-bond acceptors (Lipinski definition) is 13. The van der Waals surface area contributed by atoms with E-state index in [1.165, 1.54) is 19.4 Å². The molecule has 2 heterocycles. The number of Topliss-reactive ketones (excluding diaryl/α,β-unsaturated/α-hetero) is 1. The summed E-state index contributed by atoms with van der Waals surface area (Å²) in [5.41, 5.74) is -2.29. The number of hydrogen-bond donors (Lipinski definition) is 2. The molecule has 350 valence electrons. The van der Waals surface area contributed by atoms with Gasteiger partial charge in [0.2, 0.25) is 11.2 Å². The van der Waals surface area contributed by atoms with E-state index in [0.29, 0.717) is 44.4 Å². The number of esters is 3. The first kappa shape index (κ1) is 45.5. The third-order valence-electron chi connectivity index (χ3n) is 15.7. The number of nitrogens with one attached hydrogen (secondary N) is 1. The smallest absolute Gasteiger partial charge is 0.343 e. The van der Waals surface area contributed by atoms with Gasteiger partial charge in [0.25, 0.3) is 0 Å². The number of rotatable bonds is 13. The molecule has 1 saturated heterocycles. The number of ketones is 2. The van der Waals surface area contributed by atoms with Gasteiger partial charge in [0, 0.05) is 61.1 Å². The lowest BCUT2D eigenvalue weighted by atomic mass is 9.46. The zero-order chi connectivity index (χ0) is 46.7. The Morgan fingerprint density at radius 3 is 2.52 bits per heavy atom. The van der Waals surface area contributed by atoms with E-state index in [1.54, 1.807) is 47.1 Å². The van der Waals surface area contributed by atoms with Crippen LogP contribution < -0.4 is 20.4 Å². The summed E-state index contributed by atoms with van der Waals surface area (Å²) in [4.78, 5) is 83.2. The number of piperazine rings is 1. The van der Waals surface area contributed by atoms with Gasteiger partial charge < -0.3 is 38.8 Å². The second kappa shape index (κ2) is 17.5. The SMILES string of the molecule is COc1c(N2CCNC(C)C2)c(F)cc2c(=O)c(C(=O)OCCCC(=O)OCC(=O)[C@]3(OC(=O)c4ccccc4)CC[C@@H]4[C@H]5CCC6=CC(=O)C=C[C@@]6(C)C5[C@H](O)C[C@]43C)cn(C3CC3)c12. The van der Waals surface area contributed by atoms with Crippen LogP contribution in [0.15, 0.2) is 71.2 Å². The molecule has 1 aromatic heterocycles. The molecule has 2 unspecified atom stereocenters. The first-order valence-corrected chi connectivity index (χ1v) is 23.3. The van der Waals surface area contributed by atoms with Gasteiger partial charge in [0.15, 0.2) is 29.6 Å². The van der Waals surface area contributed by atoms with Gasteiger partial charge in [-0.1, -0.05) is 43.7 Å². The zero-order valence-corrected chi connectivity index (χ0v) is 37.9. The number of nitrogens with zero attached hydrogens (tertiary/aromatic N) is 2. The Morgan fingerprint density at radius 1 is 1.02 bits per heavy atom. The lowest BCUT2D eigenvalue weighted by molar-refractivity contribution is -0.182. The number of pyridine rings is 1. The van der Waals surface area contributed by atoms with E-state index in [-0.39, 0.29) is 95.9 Å². The van der Waals surface area contributed by atoms with Crippen molar-refractivity contribution in [3.8, 4) is 5.75 Å². The van der Waals surface area contributed by atoms with E-state index in [0.717, 1.165) is 18.4 Å². The first-order valence-electron chi connectivity index (χ1n) is 23.3. The summed E-state index contributed by atoms with van der Waals surface area (Å²) >= 11 is 0.